The van der Waals surface area contributed by atoms with E-state index in [0.717, 1.165) is 6.16 Å². The number of benzene rings is 2. The first-order chi connectivity index (χ1) is 15.8. The van der Waals surface area contributed by atoms with Gasteiger partial charge in [0, 0.05) is 21.1 Å². The van der Waals surface area contributed by atoms with Gasteiger partial charge in [-0.25, -0.2) is 0 Å². The fourth-order valence-electron chi connectivity index (χ4n) is 2.64. The third-order valence-corrected chi connectivity index (χ3v) is 6.14. The monoisotopic (exact) mass is 634 g/mol. The first-order valence-electron chi connectivity index (χ1n) is 8.61. The van der Waals surface area contributed by atoms with Gasteiger partial charge in [0.15, 0.2) is 0 Å². The Morgan fingerprint density at radius 1 is 0.727 bits per heavy atom. The summed E-state index contributed by atoms with van der Waals surface area (Å²) < 4.78 is 42.6. The van der Waals surface area contributed by atoms with Gasteiger partial charge >= 0.3 is 62.5 Å². The fourth-order valence-corrected chi connectivity index (χ4v) is 5.28. The van der Waals surface area contributed by atoms with Crippen LogP contribution in [0.5, 0.6) is 0 Å². The Morgan fingerprint density at radius 3 is 1.36 bits per heavy atom. The predicted octanol–water partition coefficient (Wildman–Crippen LogP) is 4.77. The molecule has 1 heterocycles. The van der Waals surface area contributed by atoms with E-state index in [-0.39, 0.29) is 35.0 Å². The summed E-state index contributed by atoms with van der Waals surface area (Å²) in [5, 5.41) is 2.87. The van der Waals surface area contributed by atoms with Gasteiger partial charge in [-0.2, -0.15) is 0 Å². The average molecular weight is 634 g/mol. The maximum Gasteiger partial charge on any atom is 0 e. The summed E-state index contributed by atoms with van der Waals surface area (Å²) in [5.74, 6) is -0.0864. The first kappa shape index (κ1) is 37.8. The molecular formula is C24H19O7PW. The van der Waals surface area contributed by atoms with E-state index < -0.39 is 0 Å². The second-order valence-corrected chi connectivity index (χ2v) is 7.33. The Hall–Kier alpha value is -2.53. The Kier molecular flexibility index (Phi) is 31.5. The molecule has 33 heavy (non-hydrogen) atoms. The summed E-state index contributed by atoms with van der Waals surface area (Å²) in [5.41, 5.74) is 2.58. The van der Waals surface area contributed by atoms with Crippen molar-refractivity contribution in [2.45, 2.75) is 13.3 Å². The molecule has 0 unspecified atom stereocenters. The average Bonchev–Trinajstić information content (AvgIpc) is 3.64. The zero-order valence-electron chi connectivity index (χ0n) is 17.6. The van der Waals surface area contributed by atoms with Crippen molar-refractivity contribution in [3.63, 3.8) is 0 Å². The number of ether oxygens (including phenoxy) is 1. The fraction of sp³-hybridized carbons (Fsp3) is 0.167. The van der Waals surface area contributed by atoms with Gasteiger partial charge in [0.1, 0.15) is 0 Å². The normalized spacial score (nSPS) is 9.67. The van der Waals surface area contributed by atoms with Crippen LogP contribution in [0.2, 0.25) is 0 Å². The molecule has 0 bridgehead atoms. The molecule has 1 aliphatic rings. The van der Waals surface area contributed by atoms with Crippen LogP contribution in [0.1, 0.15) is 24.5 Å². The van der Waals surface area contributed by atoms with Crippen LogP contribution in [0, 0.1) is 33.3 Å². The third-order valence-electron chi connectivity index (χ3n) is 3.65. The van der Waals surface area contributed by atoms with E-state index in [4.69, 9.17) is 28.0 Å². The van der Waals surface area contributed by atoms with E-state index >= 15 is 0 Å². The summed E-state index contributed by atoms with van der Waals surface area (Å²) in [6.45, 7) is 24.8. The molecule has 9 heteroatoms. The van der Waals surface area contributed by atoms with Crippen LogP contribution >= 0.6 is 7.92 Å². The number of carbonyl (C=O) groups is 1. The Balaban J connectivity index is -0.000000340. The van der Waals surface area contributed by atoms with Crippen molar-refractivity contribution in [3.8, 4) is 0 Å². The second-order valence-electron chi connectivity index (χ2n) is 5.14. The molecule has 0 N–H and O–H groups in total. The predicted molar refractivity (Wildman–Crippen MR) is 112 cm³/mol. The molecule has 0 atom stereocenters. The van der Waals surface area contributed by atoms with Gasteiger partial charge in [0.25, 0.3) is 0 Å². The molecule has 0 amide bonds. The molecule has 3 rings (SSSR count). The smallest absolute Gasteiger partial charge is 0 e. The Morgan fingerprint density at radius 2 is 1.06 bits per heavy atom. The second kappa shape index (κ2) is 27.5. The van der Waals surface area contributed by atoms with Gasteiger partial charge in [0.2, 0.25) is 0 Å². The summed E-state index contributed by atoms with van der Waals surface area (Å²) in [4.78, 5) is 11.6. The molecule has 0 fully saturated rings. The third kappa shape index (κ3) is 14.3. The molecule has 0 saturated carbocycles. The molecule has 2 aromatic rings. The Labute approximate surface area is 209 Å². The number of hydrogen-bond donors (Lipinski definition) is 0. The van der Waals surface area contributed by atoms with Crippen LogP contribution in [0.4, 0.5) is 0 Å². The zero-order valence-corrected chi connectivity index (χ0v) is 21.4. The van der Waals surface area contributed by atoms with Crippen LogP contribution in [0.15, 0.2) is 60.7 Å². The van der Waals surface area contributed by atoms with Crippen molar-refractivity contribution in [1.82, 2.24) is 0 Å². The number of esters is 1. The van der Waals surface area contributed by atoms with Crippen LogP contribution in [0.3, 0.4) is 0 Å². The molecule has 2 aromatic carbocycles. The van der Waals surface area contributed by atoms with Gasteiger partial charge < -0.3 is 4.74 Å². The minimum atomic E-state index is -0.341. The molecule has 0 spiro atoms. The summed E-state index contributed by atoms with van der Waals surface area (Å²) in [7, 11) is -0.341. The van der Waals surface area contributed by atoms with E-state index in [2.05, 4.69) is 81.8 Å². The molecule has 0 aromatic heterocycles. The minimum absolute atomic E-state index is 0. The SMILES string of the molecule is CCOC(=O)CCP1C(c2ccccc2)=C1c1ccccc1.[C-]#[O+].[C-]#[O+].[C-]#[O+].[C-]#[O+].[C-]#[O+].[W]. The van der Waals surface area contributed by atoms with Crippen molar-refractivity contribution in [2.75, 3.05) is 12.8 Å². The van der Waals surface area contributed by atoms with E-state index in [9.17, 15) is 4.79 Å². The summed E-state index contributed by atoms with van der Waals surface area (Å²) >= 11 is 0. The van der Waals surface area contributed by atoms with Gasteiger partial charge in [-0.1, -0.05) is 60.7 Å². The van der Waals surface area contributed by atoms with Crippen molar-refractivity contribution in [1.29, 1.82) is 0 Å². The van der Waals surface area contributed by atoms with E-state index in [1.807, 2.05) is 19.1 Å². The largest absolute Gasteiger partial charge is 0 e. The van der Waals surface area contributed by atoms with Crippen molar-refractivity contribution in [2.24, 2.45) is 0 Å². The van der Waals surface area contributed by atoms with Crippen LogP contribution < -0.4 is 0 Å². The molecule has 7 nitrogen and oxygen atoms in total. The van der Waals surface area contributed by atoms with Gasteiger partial charge in [-0.15, -0.1) is 0 Å². The van der Waals surface area contributed by atoms with Crippen LogP contribution in [-0.2, 0) is 53.9 Å². The molecule has 0 saturated heterocycles. The van der Waals surface area contributed by atoms with Crippen LogP contribution in [-0.4, -0.2) is 18.7 Å². The van der Waals surface area contributed by atoms with Gasteiger partial charge in [-0.05, 0) is 42.8 Å². The molecular weight excluding hydrogens is 615 g/mol. The summed E-state index contributed by atoms with van der Waals surface area (Å²) in [6, 6.07) is 21.0. The quantitative estimate of drug-likeness (QED) is 0.197. The van der Waals surface area contributed by atoms with Crippen molar-refractivity contribution in [3.05, 3.63) is 105 Å². The summed E-state index contributed by atoms with van der Waals surface area (Å²) in [6.07, 6.45) is 1.40. The first-order valence-corrected chi connectivity index (χ1v) is 10.1. The number of hydrogen-bond acceptors (Lipinski definition) is 2. The zero-order chi connectivity index (χ0) is 25.4. The van der Waals surface area contributed by atoms with E-state index in [0.29, 0.717) is 13.0 Å². The van der Waals surface area contributed by atoms with Gasteiger partial charge in [0.05, 0.1) is 13.0 Å². The minimum Gasteiger partial charge on any atom is 0 e. The topological polar surface area (TPSA) is 126 Å². The van der Waals surface area contributed by atoms with E-state index in [1.54, 1.807) is 0 Å². The Bertz CT molecular complexity index is 817. The van der Waals surface area contributed by atoms with Gasteiger partial charge in [-0.3, -0.25) is 4.79 Å². The maximum absolute atomic E-state index is 11.6. The number of carbonyl (C=O) groups excluding carboxylic acids is 1. The molecule has 1 aliphatic heterocycles. The van der Waals surface area contributed by atoms with Crippen molar-refractivity contribution < 1.29 is 53.9 Å². The van der Waals surface area contributed by atoms with Crippen LogP contribution in [0.25, 0.3) is 10.6 Å². The molecule has 0 radical (unpaired) electrons. The standard InChI is InChI=1S/C19H19O2P.5CO.W/c1-2-21-17(20)13-14-22-18(15-9-5-3-6-10-15)19(22)16-11-7-4-8-12-16;5*1-2;/h3-12H,2,13-14H2,1H3;;;;;;. The van der Waals surface area contributed by atoms with E-state index in [1.165, 1.54) is 21.8 Å². The maximum atomic E-state index is 11.6. The molecule has 168 valence electrons. The molecule has 0 aliphatic carbocycles. The van der Waals surface area contributed by atoms with Crippen molar-refractivity contribution >= 4 is 24.5 Å². The number of rotatable bonds is 6.